The van der Waals surface area contributed by atoms with Crippen LogP contribution in [-0.2, 0) is 13.1 Å². The van der Waals surface area contributed by atoms with Crippen molar-refractivity contribution in [1.82, 2.24) is 9.88 Å². The summed E-state index contributed by atoms with van der Waals surface area (Å²) in [6.45, 7) is 12.6. The summed E-state index contributed by atoms with van der Waals surface area (Å²) < 4.78 is 2.12. The maximum atomic E-state index is 11.8. The van der Waals surface area contributed by atoms with E-state index in [9.17, 15) is 9.90 Å². The summed E-state index contributed by atoms with van der Waals surface area (Å²) >= 11 is 0. The Bertz CT molecular complexity index is 745. The Kier molecular flexibility index (Phi) is 6.43. The molecule has 0 aliphatic carbocycles. The van der Waals surface area contributed by atoms with Crippen molar-refractivity contribution in [2.45, 2.75) is 54.1 Å². The Hall–Kier alpha value is -2.07. The molecule has 1 heterocycles. The fraction of sp³-hybridized carbons (Fsp3) is 0.476. The SMILES string of the molecule is Cc1cccc(Cn2c(C)c(CNCCC(C)C)c(C(=O)O)c2C)c1. The molecular weight excluding hydrogens is 312 g/mol. The molecule has 1 aromatic carbocycles. The van der Waals surface area contributed by atoms with Gasteiger partial charge in [0.25, 0.3) is 0 Å². The van der Waals surface area contributed by atoms with Crippen molar-refractivity contribution in [3.05, 3.63) is 57.9 Å². The Morgan fingerprint density at radius 1 is 1.20 bits per heavy atom. The molecule has 0 radical (unpaired) electrons. The molecule has 0 atom stereocenters. The third-order valence-corrected chi connectivity index (χ3v) is 4.75. The topological polar surface area (TPSA) is 54.3 Å². The van der Waals surface area contributed by atoms with Crippen molar-refractivity contribution in [3.63, 3.8) is 0 Å². The van der Waals surface area contributed by atoms with Gasteiger partial charge < -0.3 is 15.0 Å². The number of carboxylic acids is 1. The molecule has 0 aliphatic rings. The number of aryl methyl sites for hydroxylation is 1. The van der Waals surface area contributed by atoms with Crippen LogP contribution in [0.1, 0.15) is 58.7 Å². The molecule has 136 valence electrons. The average molecular weight is 342 g/mol. The quantitative estimate of drug-likeness (QED) is 0.704. The number of rotatable bonds is 8. The average Bonchev–Trinajstić information content (AvgIpc) is 2.76. The molecule has 2 aromatic rings. The second-order valence-corrected chi connectivity index (χ2v) is 7.26. The van der Waals surface area contributed by atoms with Crippen LogP contribution in [0.5, 0.6) is 0 Å². The Morgan fingerprint density at radius 2 is 1.92 bits per heavy atom. The summed E-state index contributed by atoms with van der Waals surface area (Å²) in [7, 11) is 0. The highest BCUT2D eigenvalue weighted by atomic mass is 16.4. The summed E-state index contributed by atoms with van der Waals surface area (Å²) in [6, 6.07) is 8.36. The summed E-state index contributed by atoms with van der Waals surface area (Å²) in [6.07, 6.45) is 1.09. The van der Waals surface area contributed by atoms with E-state index in [0.717, 1.165) is 29.9 Å². The van der Waals surface area contributed by atoms with E-state index in [0.29, 0.717) is 24.6 Å². The number of hydrogen-bond donors (Lipinski definition) is 2. The molecule has 25 heavy (non-hydrogen) atoms. The van der Waals surface area contributed by atoms with Crippen molar-refractivity contribution in [3.8, 4) is 0 Å². The molecule has 2 rings (SSSR count). The van der Waals surface area contributed by atoms with Gasteiger partial charge in [0.2, 0.25) is 0 Å². The fourth-order valence-electron chi connectivity index (χ4n) is 3.28. The zero-order valence-corrected chi connectivity index (χ0v) is 16.0. The number of nitrogens with zero attached hydrogens (tertiary/aromatic N) is 1. The van der Waals surface area contributed by atoms with Crippen LogP contribution in [-0.4, -0.2) is 22.2 Å². The number of nitrogens with one attached hydrogen (secondary N) is 1. The van der Waals surface area contributed by atoms with Gasteiger partial charge in [-0.2, -0.15) is 0 Å². The molecule has 0 fully saturated rings. The predicted molar refractivity (Wildman–Crippen MR) is 102 cm³/mol. The Balaban J connectivity index is 2.28. The van der Waals surface area contributed by atoms with E-state index >= 15 is 0 Å². The van der Waals surface area contributed by atoms with Crippen molar-refractivity contribution in [1.29, 1.82) is 0 Å². The van der Waals surface area contributed by atoms with Gasteiger partial charge in [-0.1, -0.05) is 43.7 Å². The predicted octanol–water partition coefficient (Wildman–Crippen LogP) is 4.30. The van der Waals surface area contributed by atoms with E-state index < -0.39 is 5.97 Å². The third-order valence-electron chi connectivity index (χ3n) is 4.75. The van der Waals surface area contributed by atoms with Gasteiger partial charge in [-0.15, -0.1) is 0 Å². The molecular formula is C21H30N2O2. The van der Waals surface area contributed by atoms with Gasteiger partial charge >= 0.3 is 5.97 Å². The van der Waals surface area contributed by atoms with Crippen LogP contribution in [0.25, 0.3) is 0 Å². The summed E-state index contributed by atoms with van der Waals surface area (Å²) in [5, 5.41) is 13.1. The first-order valence-corrected chi connectivity index (χ1v) is 8.99. The van der Waals surface area contributed by atoms with Crippen LogP contribution in [0, 0.1) is 26.7 Å². The number of hydrogen-bond acceptors (Lipinski definition) is 2. The monoisotopic (exact) mass is 342 g/mol. The van der Waals surface area contributed by atoms with E-state index in [4.69, 9.17) is 0 Å². The fourth-order valence-corrected chi connectivity index (χ4v) is 3.28. The van der Waals surface area contributed by atoms with Crippen LogP contribution in [0.15, 0.2) is 24.3 Å². The van der Waals surface area contributed by atoms with Crippen LogP contribution < -0.4 is 5.32 Å². The van der Waals surface area contributed by atoms with Gasteiger partial charge in [-0.3, -0.25) is 0 Å². The normalized spacial score (nSPS) is 11.3. The first-order valence-electron chi connectivity index (χ1n) is 8.99. The zero-order chi connectivity index (χ0) is 18.6. The summed E-state index contributed by atoms with van der Waals surface area (Å²) in [4.78, 5) is 11.8. The molecule has 1 aromatic heterocycles. The van der Waals surface area contributed by atoms with Crippen molar-refractivity contribution in [2.75, 3.05) is 6.54 Å². The van der Waals surface area contributed by atoms with Gasteiger partial charge in [-0.05, 0) is 45.2 Å². The van der Waals surface area contributed by atoms with Gasteiger partial charge in [0, 0.05) is 30.0 Å². The highest BCUT2D eigenvalue weighted by Gasteiger charge is 2.22. The third kappa shape index (κ3) is 4.73. The lowest BCUT2D eigenvalue weighted by atomic mass is 10.1. The standard InChI is InChI=1S/C21H30N2O2/c1-14(2)9-10-22-12-19-16(4)23(17(5)20(19)21(24)25)13-18-8-6-7-15(3)11-18/h6-8,11,14,22H,9-10,12-13H2,1-5H3,(H,24,25). The van der Waals surface area contributed by atoms with Gasteiger partial charge in [0.05, 0.1) is 5.56 Å². The largest absolute Gasteiger partial charge is 0.478 e. The minimum atomic E-state index is -0.843. The van der Waals surface area contributed by atoms with Gasteiger partial charge in [0.1, 0.15) is 0 Å². The maximum absolute atomic E-state index is 11.8. The second-order valence-electron chi connectivity index (χ2n) is 7.26. The lowest BCUT2D eigenvalue weighted by Crippen LogP contribution is -2.18. The molecule has 0 amide bonds. The van der Waals surface area contributed by atoms with Crippen molar-refractivity contribution in [2.24, 2.45) is 5.92 Å². The first kappa shape index (κ1) is 19.3. The number of carboxylic acid groups (broad SMARTS) is 1. The number of aromatic nitrogens is 1. The minimum absolute atomic E-state index is 0.446. The smallest absolute Gasteiger partial charge is 0.337 e. The van der Waals surface area contributed by atoms with E-state index in [1.165, 1.54) is 11.1 Å². The highest BCUT2D eigenvalue weighted by molar-refractivity contribution is 5.91. The summed E-state index contributed by atoms with van der Waals surface area (Å²) in [5.41, 5.74) is 5.62. The molecule has 4 heteroatoms. The number of aromatic carboxylic acids is 1. The maximum Gasteiger partial charge on any atom is 0.337 e. The number of benzene rings is 1. The van der Waals surface area contributed by atoms with Gasteiger partial charge in [0.15, 0.2) is 0 Å². The molecule has 0 saturated carbocycles. The van der Waals surface area contributed by atoms with Crippen LogP contribution in [0.4, 0.5) is 0 Å². The summed E-state index contributed by atoms with van der Waals surface area (Å²) in [5.74, 6) is -0.204. The van der Waals surface area contributed by atoms with Crippen LogP contribution in [0.3, 0.4) is 0 Å². The van der Waals surface area contributed by atoms with E-state index in [1.54, 1.807) is 0 Å². The highest BCUT2D eigenvalue weighted by Crippen LogP contribution is 2.24. The molecule has 0 unspecified atom stereocenters. The minimum Gasteiger partial charge on any atom is -0.478 e. The van der Waals surface area contributed by atoms with E-state index in [-0.39, 0.29) is 0 Å². The second kappa shape index (κ2) is 8.34. The van der Waals surface area contributed by atoms with Crippen LogP contribution >= 0.6 is 0 Å². The molecule has 2 N–H and O–H groups in total. The molecule has 0 saturated heterocycles. The lowest BCUT2D eigenvalue weighted by molar-refractivity contribution is 0.0694. The lowest BCUT2D eigenvalue weighted by Gasteiger charge is -2.11. The van der Waals surface area contributed by atoms with Crippen molar-refractivity contribution >= 4 is 5.97 Å². The van der Waals surface area contributed by atoms with Crippen molar-refractivity contribution < 1.29 is 9.90 Å². The molecule has 0 bridgehead atoms. The molecule has 0 spiro atoms. The molecule has 0 aliphatic heterocycles. The number of carbonyl (C=O) groups is 1. The van der Waals surface area contributed by atoms with E-state index in [2.05, 4.69) is 48.9 Å². The van der Waals surface area contributed by atoms with E-state index in [1.807, 2.05) is 19.9 Å². The Morgan fingerprint density at radius 3 is 2.52 bits per heavy atom. The Labute approximate surface area is 150 Å². The first-order chi connectivity index (χ1) is 11.8. The molecule has 4 nitrogen and oxygen atoms in total. The van der Waals surface area contributed by atoms with Gasteiger partial charge in [-0.25, -0.2) is 4.79 Å². The zero-order valence-electron chi connectivity index (χ0n) is 16.0. The van der Waals surface area contributed by atoms with Crippen LogP contribution in [0.2, 0.25) is 0 Å².